The summed E-state index contributed by atoms with van der Waals surface area (Å²) in [6, 6.07) is 4.98. The third-order valence-corrected chi connectivity index (χ3v) is 5.02. The van der Waals surface area contributed by atoms with Crippen LogP contribution in [0.25, 0.3) is 0 Å². The van der Waals surface area contributed by atoms with Gasteiger partial charge in [0.25, 0.3) is 5.91 Å². The molecule has 7 heteroatoms. The molecule has 2 rings (SSSR count). The van der Waals surface area contributed by atoms with E-state index in [-0.39, 0.29) is 30.4 Å². The monoisotopic (exact) mass is 391 g/mol. The molecule has 1 amide bonds. The average molecular weight is 391 g/mol. The zero-order valence-corrected chi connectivity index (χ0v) is 17.2. The van der Waals surface area contributed by atoms with E-state index in [9.17, 15) is 14.4 Å². The Balaban J connectivity index is 1.93. The molecule has 154 valence electrons. The number of ketones is 1. The lowest BCUT2D eigenvalue weighted by Gasteiger charge is -2.40. The minimum absolute atomic E-state index is 0.0993. The van der Waals surface area contributed by atoms with E-state index in [0.717, 1.165) is 19.3 Å². The highest BCUT2D eigenvalue weighted by atomic mass is 16.6. The SMILES string of the molecule is COc1cc(C(C)=O)ccc1OCC(=O)O[C@H](C)C(=O)N1[C@H](C)CCC[C@@H]1C. The van der Waals surface area contributed by atoms with Crippen molar-refractivity contribution in [2.75, 3.05) is 13.7 Å². The van der Waals surface area contributed by atoms with Crippen molar-refractivity contribution in [3.05, 3.63) is 23.8 Å². The molecule has 0 radical (unpaired) electrons. The van der Waals surface area contributed by atoms with Crippen molar-refractivity contribution in [1.82, 2.24) is 4.90 Å². The third kappa shape index (κ3) is 5.24. The summed E-state index contributed by atoms with van der Waals surface area (Å²) >= 11 is 0. The summed E-state index contributed by atoms with van der Waals surface area (Å²) in [6.07, 6.45) is 2.13. The van der Waals surface area contributed by atoms with Gasteiger partial charge in [-0.2, -0.15) is 0 Å². The average Bonchev–Trinajstić information content (AvgIpc) is 2.65. The predicted octanol–water partition coefficient (Wildman–Crippen LogP) is 3.00. The molecule has 1 aromatic rings. The van der Waals surface area contributed by atoms with Gasteiger partial charge < -0.3 is 19.1 Å². The van der Waals surface area contributed by atoms with Gasteiger partial charge in [0.2, 0.25) is 0 Å². The Kier molecular flexibility index (Phi) is 7.43. The van der Waals surface area contributed by atoms with Crippen molar-refractivity contribution in [1.29, 1.82) is 0 Å². The molecule has 0 aliphatic carbocycles. The summed E-state index contributed by atoms with van der Waals surface area (Å²) in [4.78, 5) is 38.1. The molecule has 0 spiro atoms. The van der Waals surface area contributed by atoms with Crippen molar-refractivity contribution < 1.29 is 28.6 Å². The first-order valence-corrected chi connectivity index (χ1v) is 9.58. The van der Waals surface area contributed by atoms with Crippen LogP contribution in [0.3, 0.4) is 0 Å². The zero-order valence-electron chi connectivity index (χ0n) is 17.2. The van der Waals surface area contributed by atoms with Gasteiger partial charge in [0.05, 0.1) is 7.11 Å². The molecule has 0 saturated carbocycles. The highest BCUT2D eigenvalue weighted by molar-refractivity contribution is 5.94. The molecule has 1 fully saturated rings. The molecule has 28 heavy (non-hydrogen) atoms. The highest BCUT2D eigenvalue weighted by Gasteiger charge is 2.33. The standard InChI is InChI=1S/C21H29NO6/c1-13-7-6-8-14(2)22(13)21(25)16(4)28-20(24)12-27-18-10-9-17(15(3)23)11-19(18)26-5/h9-11,13-14,16H,6-8,12H2,1-5H3/t13-,14+,16-/m1/s1. The van der Waals surface area contributed by atoms with E-state index in [1.165, 1.54) is 14.0 Å². The molecule has 0 bridgehead atoms. The number of benzene rings is 1. The number of carbonyl (C=O) groups excluding carboxylic acids is 3. The number of ether oxygens (including phenoxy) is 3. The maximum absolute atomic E-state index is 12.7. The number of piperidine rings is 1. The second-order valence-corrected chi connectivity index (χ2v) is 7.22. The number of hydrogen-bond donors (Lipinski definition) is 0. The van der Waals surface area contributed by atoms with E-state index in [1.54, 1.807) is 25.1 Å². The van der Waals surface area contributed by atoms with E-state index in [4.69, 9.17) is 14.2 Å². The van der Waals surface area contributed by atoms with E-state index in [0.29, 0.717) is 17.1 Å². The first-order valence-electron chi connectivity index (χ1n) is 9.58. The number of amides is 1. The van der Waals surface area contributed by atoms with Gasteiger partial charge in [-0.05, 0) is 65.2 Å². The van der Waals surface area contributed by atoms with Gasteiger partial charge in [-0.15, -0.1) is 0 Å². The van der Waals surface area contributed by atoms with Crippen LogP contribution in [-0.2, 0) is 14.3 Å². The quantitative estimate of drug-likeness (QED) is 0.525. The second-order valence-electron chi connectivity index (χ2n) is 7.22. The molecule has 1 heterocycles. The molecule has 0 N–H and O–H groups in total. The van der Waals surface area contributed by atoms with Gasteiger partial charge in [-0.1, -0.05) is 0 Å². The van der Waals surface area contributed by atoms with E-state index in [2.05, 4.69) is 0 Å². The van der Waals surface area contributed by atoms with Crippen LogP contribution in [0.15, 0.2) is 18.2 Å². The van der Waals surface area contributed by atoms with Crippen LogP contribution >= 0.6 is 0 Å². The number of Topliss-reactive ketones (excluding diaryl/α,β-unsaturated/α-hetero) is 1. The van der Waals surface area contributed by atoms with Gasteiger partial charge in [-0.25, -0.2) is 4.79 Å². The lowest BCUT2D eigenvalue weighted by Crippen LogP contribution is -2.51. The number of hydrogen-bond acceptors (Lipinski definition) is 6. The number of esters is 1. The van der Waals surface area contributed by atoms with Gasteiger partial charge in [-0.3, -0.25) is 9.59 Å². The van der Waals surface area contributed by atoms with Crippen molar-refractivity contribution in [2.24, 2.45) is 0 Å². The number of rotatable bonds is 7. The van der Waals surface area contributed by atoms with Crippen LogP contribution in [0.5, 0.6) is 11.5 Å². The van der Waals surface area contributed by atoms with Gasteiger partial charge in [0.15, 0.2) is 30.0 Å². The van der Waals surface area contributed by atoms with E-state index in [1.807, 2.05) is 18.7 Å². The van der Waals surface area contributed by atoms with Gasteiger partial charge in [0, 0.05) is 17.6 Å². The first-order chi connectivity index (χ1) is 13.2. The van der Waals surface area contributed by atoms with Crippen LogP contribution in [0.2, 0.25) is 0 Å². The normalized spacial score (nSPS) is 20.2. The Morgan fingerprint density at radius 2 is 1.79 bits per heavy atom. The molecule has 3 atom stereocenters. The van der Waals surface area contributed by atoms with Crippen molar-refractivity contribution >= 4 is 17.7 Å². The lowest BCUT2D eigenvalue weighted by molar-refractivity contribution is -0.163. The van der Waals surface area contributed by atoms with Crippen LogP contribution in [0.4, 0.5) is 0 Å². The molecule has 1 aromatic carbocycles. The van der Waals surface area contributed by atoms with Crippen LogP contribution in [0.1, 0.15) is 57.3 Å². The fraction of sp³-hybridized carbons (Fsp3) is 0.571. The molecular weight excluding hydrogens is 362 g/mol. The van der Waals surface area contributed by atoms with E-state index < -0.39 is 12.1 Å². The molecule has 1 aliphatic heterocycles. The maximum atomic E-state index is 12.7. The molecular formula is C21H29NO6. The molecule has 1 aliphatic rings. The minimum atomic E-state index is -0.874. The van der Waals surface area contributed by atoms with Gasteiger partial charge >= 0.3 is 5.97 Å². The largest absolute Gasteiger partial charge is 0.493 e. The van der Waals surface area contributed by atoms with Crippen LogP contribution < -0.4 is 9.47 Å². The molecule has 1 saturated heterocycles. The smallest absolute Gasteiger partial charge is 0.344 e. The fourth-order valence-corrected chi connectivity index (χ4v) is 3.49. The highest BCUT2D eigenvalue weighted by Crippen LogP contribution is 2.28. The number of methoxy groups -OCH3 is 1. The second kappa shape index (κ2) is 9.57. The Labute approximate surface area is 165 Å². The Bertz CT molecular complexity index is 722. The van der Waals surface area contributed by atoms with E-state index >= 15 is 0 Å². The van der Waals surface area contributed by atoms with Crippen LogP contribution in [-0.4, -0.2) is 54.5 Å². The van der Waals surface area contributed by atoms with Crippen molar-refractivity contribution in [3.8, 4) is 11.5 Å². The van der Waals surface area contributed by atoms with Crippen LogP contribution in [0, 0.1) is 0 Å². The fourth-order valence-electron chi connectivity index (χ4n) is 3.49. The Morgan fingerprint density at radius 1 is 1.14 bits per heavy atom. The number of likely N-dealkylation sites (tertiary alicyclic amines) is 1. The summed E-state index contributed by atoms with van der Waals surface area (Å²) in [5, 5.41) is 0. The molecule has 7 nitrogen and oxygen atoms in total. The summed E-state index contributed by atoms with van der Waals surface area (Å²) < 4.78 is 15.9. The topological polar surface area (TPSA) is 82.1 Å². The summed E-state index contributed by atoms with van der Waals surface area (Å²) in [7, 11) is 1.45. The maximum Gasteiger partial charge on any atom is 0.344 e. The Hall–Kier alpha value is -2.57. The molecule has 0 unspecified atom stereocenters. The number of nitrogens with zero attached hydrogens (tertiary/aromatic N) is 1. The van der Waals surface area contributed by atoms with Crippen molar-refractivity contribution in [2.45, 2.75) is 65.1 Å². The van der Waals surface area contributed by atoms with Gasteiger partial charge in [0.1, 0.15) is 0 Å². The number of carbonyl (C=O) groups is 3. The minimum Gasteiger partial charge on any atom is -0.493 e. The first kappa shape index (κ1) is 21.7. The summed E-state index contributed by atoms with van der Waals surface area (Å²) in [5.41, 5.74) is 0.482. The zero-order chi connectivity index (χ0) is 20.8. The van der Waals surface area contributed by atoms with Crippen molar-refractivity contribution in [3.63, 3.8) is 0 Å². The summed E-state index contributed by atoms with van der Waals surface area (Å²) in [5.74, 6) is -0.257. The third-order valence-electron chi connectivity index (χ3n) is 5.02. The lowest BCUT2D eigenvalue weighted by atomic mass is 9.97. The predicted molar refractivity (Wildman–Crippen MR) is 104 cm³/mol. The summed E-state index contributed by atoms with van der Waals surface area (Å²) in [6.45, 7) is 6.70. The Morgan fingerprint density at radius 3 is 2.36 bits per heavy atom. The molecule has 0 aromatic heterocycles.